The molecule has 2 aromatic carbocycles. The van der Waals surface area contributed by atoms with Crippen LogP contribution >= 0.6 is 11.8 Å². The first-order chi connectivity index (χ1) is 15.9. The Balaban J connectivity index is 1.34. The number of tetrazole rings is 1. The highest BCUT2D eigenvalue weighted by Gasteiger charge is 2.30. The zero-order valence-corrected chi connectivity index (χ0v) is 19.3. The summed E-state index contributed by atoms with van der Waals surface area (Å²) in [5, 5.41) is 12.1. The number of piperazine rings is 1. The molecule has 1 fully saturated rings. The number of carbonyl (C=O) groups excluding carboxylic acids is 1. The van der Waals surface area contributed by atoms with Crippen LogP contribution in [0.5, 0.6) is 5.75 Å². The van der Waals surface area contributed by atoms with Crippen LogP contribution in [-0.4, -0.2) is 82.8 Å². The molecular weight excluding hydrogens is 471 g/mol. The summed E-state index contributed by atoms with van der Waals surface area (Å²) < 4.78 is 46.8. The Bertz CT molecular complexity index is 1230. The Labute approximate surface area is 194 Å². The van der Waals surface area contributed by atoms with Gasteiger partial charge in [-0.1, -0.05) is 17.8 Å². The van der Waals surface area contributed by atoms with Crippen LogP contribution in [0.25, 0.3) is 5.69 Å². The van der Waals surface area contributed by atoms with Gasteiger partial charge in [0.25, 0.3) is 0 Å². The van der Waals surface area contributed by atoms with Gasteiger partial charge in [-0.3, -0.25) is 4.79 Å². The van der Waals surface area contributed by atoms with Crippen molar-refractivity contribution in [1.29, 1.82) is 0 Å². The molecule has 13 heteroatoms. The number of thioether (sulfide) groups is 1. The van der Waals surface area contributed by atoms with Crippen LogP contribution in [0.1, 0.15) is 0 Å². The Morgan fingerprint density at radius 1 is 1.12 bits per heavy atom. The average Bonchev–Trinajstić information content (AvgIpc) is 3.31. The molecule has 0 N–H and O–H groups in total. The van der Waals surface area contributed by atoms with Crippen LogP contribution in [0.2, 0.25) is 0 Å². The lowest BCUT2D eigenvalue weighted by Crippen LogP contribution is -2.51. The van der Waals surface area contributed by atoms with Crippen molar-refractivity contribution in [2.75, 3.05) is 39.0 Å². The quantitative estimate of drug-likeness (QED) is 0.456. The summed E-state index contributed by atoms with van der Waals surface area (Å²) in [6.45, 7) is 0.770. The van der Waals surface area contributed by atoms with E-state index in [9.17, 15) is 17.6 Å². The molecule has 174 valence electrons. The second-order valence-corrected chi connectivity index (χ2v) is 9.98. The van der Waals surface area contributed by atoms with Crippen molar-refractivity contribution < 1.29 is 22.3 Å². The van der Waals surface area contributed by atoms with Gasteiger partial charge in [0.15, 0.2) is 0 Å². The van der Waals surface area contributed by atoms with Gasteiger partial charge in [0.05, 0.1) is 23.4 Å². The average molecular weight is 493 g/mol. The standard InChI is InChI=1S/C20H21FN6O4S2/c1-31-17-7-5-16(6-8-17)27-20(22-23-24-27)32-14-19(28)25-9-11-26(12-10-25)33(29,30)18-4-2-3-15(21)13-18/h2-8,13H,9-12,14H2,1H3. The highest BCUT2D eigenvalue weighted by atomic mass is 32.2. The van der Waals surface area contributed by atoms with E-state index in [0.717, 1.165) is 11.8 Å². The second-order valence-electron chi connectivity index (χ2n) is 7.10. The first-order valence-corrected chi connectivity index (χ1v) is 12.4. The van der Waals surface area contributed by atoms with Gasteiger partial charge in [-0.05, 0) is 52.9 Å². The molecule has 0 atom stereocenters. The van der Waals surface area contributed by atoms with Crippen molar-refractivity contribution in [3.63, 3.8) is 0 Å². The number of methoxy groups -OCH3 is 1. The van der Waals surface area contributed by atoms with E-state index in [1.54, 1.807) is 36.3 Å². The molecule has 0 spiro atoms. The third-order valence-corrected chi connectivity index (χ3v) is 7.91. The number of benzene rings is 2. The van der Waals surface area contributed by atoms with E-state index in [1.165, 1.54) is 38.9 Å². The lowest BCUT2D eigenvalue weighted by Gasteiger charge is -2.34. The van der Waals surface area contributed by atoms with Crippen molar-refractivity contribution >= 4 is 27.7 Å². The highest BCUT2D eigenvalue weighted by Crippen LogP contribution is 2.22. The number of carbonyl (C=O) groups is 1. The van der Waals surface area contributed by atoms with Crippen molar-refractivity contribution in [1.82, 2.24) is 29.4 Å². The number of sulfonamides is 1. The number of aromatic nitrogens is 4. The monoisotopic (exact) mass is 492 g/mol. The van der Waals surface area contributed by atoms with E-state index in [2.05, 4.69) is 15.5 Å². The maximum absolute atomic E-state index is 13.4. The molecule has 0 aliphatic carbocycles. The van der Waals surface area contributed by atoms with Gasteiger partial charge in [-0.2, -0.15) is 8.99 Å². The smallest absolute Gasteiger partial charge is 0.243 e. The number of amides is 1. The SMILES string of the molecule is COc1ccc(-n2nnnc2SCC(=O)N2CCN(S(=O)(=O)c3cccc(F)c3)CC2)cc1. The molecule has 1 aliphatic heterocycles. The highest BCUT2D eigenvalue weighted by molar-refractivity contribution is 7.99. The molecule has 33 heavy (non-hydrogen) atoms. The van der Waals surface area contributed by atoms with E-state index in [0.29, 0.717) is 10.9 Å². The molecule has 1 amide bonds. The fourth-order valence-corrected chi connectivity index (χ4v) is 5.57. The minimum absolute atomic E-state index is 0.0943. The van der Waals surface area contributed by atoms with Crippen LogP contribution in [0.4, 0.5) is 4.39 Å². The molecule has 0 radical (unpaired) electrons. The first-order valence-electron chi connectivity index (χ1n) is 9.97. The Morgan fingerprint density at radius 2 is 1.85 bits per heavy atom. The zero-order chi connectivity index (χ0) is 23.4. The van der Waals surface area contributed by atoms with Gasteiger partial charge < -0.3 is 9.64 Å². The third kappa shape index (κ3) is 5.15. The summed E-state index contributed by atoms with van der Waals surface area (Å²) >= 11 is 1.20. The lowest BCUT2D eigenvalue weighted by molar-refractivity contribution is -0.129. The van der Waals surface area contributed by atoms with Gasteiger partial charge >= 0.3 is 0 Å². The molecule has 1 aromatic heterocycles. The predicted molar refractivity (Wildman–Crippen MR) is 118 cm³/mol. The van der Waals surface area contributed by atoms with E-state index >= 15 is 0 Å². The van der Waals surface area contributed by atoms with Crippen molar-refractivity contribution in [2.45, 2.75) is 10.1 Å². The van der Waals surface area contributed by atoms with E-state index < -0.39 is 15.8 Å². The summed E-state index contributed by atoms with van der Waals surface area (Å²) in [4.78, 5) is 14.2. The topological polar surface area (TPSA) is 111 Å². The lowest BCUT2D eigenvalue weighted by atomic mass is 10.3. The Hall–Kier alpha value is -3.03. The van der Waals surface area contributed by atoms with Crippen LogP contribution in [0.15, 0.2) is 58.6 Å². The Morgan fingerprint density at radius 3 is 2.52 bits per heavy atom. The number of halogens is 1. The number of ether oxygens (including phenoxy) is 1. The van der Waals surface area contributed by atoms with Gasteiger partial charge in [0, 0.05) is 26.2 Å². The zero-order valence-electron chi connectivity index (χ0n) is 17.7. The number of hydrogen-bond donors (Lipinski definition) is 0. The minimum atomic E-state index is -3.81. The van der Waals surface area contributed by atoms with E-state index in [4.69, 9.17) is 4.74 Å². The fraction of sp³-hybridized carbons (Fsp3) is 0.300. The van der Waals surface area contributed by atoms with Crippen molar-refractivity contribution in [3.8, 4) is 11.4 Å². The van der Waals surface area contributed by atoms with Crippen LogP contribution in [-0.2, 0) is 14.8 Å². The van der Waals surface area contributed by atoms with Gasteiger partial charge in [-0.15, -0.1) is 5.10 Å². The van der Waals surface area contributed by atoms with E-state index in [1.807, 2.05) is 0 Å². The molecule has 4 rings (SSSR count). The Kier molecular flexibility index (Phi) is 6.91. The normalized spacial score (nSPS) is 14.9. The molecule has 3 aromatic rings. The second kappa shape index (κ2) is 9.85. The van der Waals surface area contributed by atoms with Crippen molar-refractivity contribution in [3.05, 3.63) is 54.3 Å². The van der Waals surface area contributed by atoms with Gasteiger partial charge in [0.2, 0.25) is 21.1 Å². The molecule has 1 aliphatic rings. The molecule has 0 saturated carbocycles. The third-order valence-electron chi connectivity index (χ3n) is 5.11. The van der Waals surface area contributed by atoms with Gasteiger partial charge in [-0.25, -0.2) is 12.8 Å². The van der Waals surface area contributed by atoms with Gasteiger partial charge in [0.1, 0.15) is 11.6 Å². The summed E-state index contributed by atoms with van der Waals surface area (Å²) in [6, 6.07) is 12.1. The van der Waals surface area contributed by atoms with Crippen LogP contribution in [0.3, 0.4) is 0 Å². The summed E-state index contributed by atoms with van der Waals surface area (Å²) in [5.41, 5.74) is 0.729. The molecule has 0 bridgehead atoms. The number of nitrogens with zero attached hydrogens (tertiary/aromatic N) is 6. The molecular formula is C20H21FN6O4S2. The molecule has 0 unspecified atom stereocenters. The first kappa shape index (κ1) is 23.1. The van der Waals surface area contributed by atoms with E-state index in [-0.39, 0.29) is 42.7 Å². The fourth-order valence-electron chi connectivity index (χ4n) is 3.33. The minimum Gasteiger partial charge on any atom is -0.497 e. The maximum Gasteiger partial charge on any atom is 0.243 e. The van der Waals surface area contributed by atoms with Crippen molar-refractivity contribution in [2.24, 2.45) is 0 Å². The molecule has 2 heterocycles. The summed E-state index contributed by atoms with van der Waals surface area (Å²) in [5.74, 6) is 0.0495. The number of hydrogen-bond acceptors (Lipinski definition) is 8. The predicted octanol–water partition coefficient (Wildman–Crippen LogP) is 1.44. The molecule has 1 saturated heterocycles. The van der Waals surface area contributed by atoms with Crippen LogP contribution in [0, 0.1) is 5.82 Å². The number of rotatable bonds is 7. The maximum atomic E-state index is 13.4. The van der Waals surface area contributed by atoms with Crippen LogP contribution < -0.4 is 4.74 Å². The summed E-state index contributed by atoms with van der Waals surface area (Å²) in [7, 11) is -2.23. The largest absolute Gasteiger partial charge is 0.497 e. The summed E-state index contributed by atoms with van der Waals surface area (Å²) in [6.07, 6.45) is 0. The molecule has 10 nitrogen and oxygen atoms in total.